The van der Waals surface area contributed by atoms with Crippen molar-refractivity contribution in [3.63, 3.8) is 0 Å². The summed E-state index contributed by atoms with van der Waals surface area (Å²) in [6.45, 7) is 0. The summed E-state index contributed by atoms with van der Waals surface area (Å²) < 4.78 is 0. The fourth-order valence-electron chi connectivity index (χ4n) is 0. The van der Waals surface area contributed by atoms with Crippen LogP contribution in [0.4, 0.5) is 0 Å². The molecule has 0 aromatic rings. The zero-order chi connectivity index (χ0) is 0. The molecule has 0 amide bonds. The molecule has 0 unspecified atom stereocenters. The molecule has 0 aromatic heterocycles. The fraction of sp³-hybridized carbons (Fsp3) is 0. The Kier molecular flexibility index (Phi) is 341. The van der Waals surface area contributed by atoms with E-state index in [0.29, 0.717) is 0 Å². The molecule has 5 heavy (non-hydrogen) atoms. The average molecular weight is 132 g/mol. The fourth-order valence-corrected chi connectivity index (χ4v) is 0. The molecule has 0 bridgehead atoms. The van der Waals surface area contributed by atoms with Crippen molar-refractivity contribution in [3.05, 3.63) is 0 Å². The van der Waals surface area contributed by atoms with E-state index in [-0.39, 0.29) is 93.3 Å². The molecule has 0 fully saturated rings. The summed E-state index contributed by atoms with van der Waals surface area (Å²) in [7, 11) is 0. The molecule has 3 nitrogen and oxygen atoms in total. The normalized spacial score (nSPS) is 0. The Balaban J connectivity index is 0. The van der Waals surface area contributed by atoms with Crippen molar-refractivity contribution in [2.45, 2.75) is 0 Å². The van der Waals surface area contributed by atoms with Crippen molar-refractivity contribution in [1.82, 2.24) is 12.3 Å². The molecule has 0 aliphatic rings. The van der Waals surface area contributed by atoms with E-state index in [1.54, 1.807) is 0 Å². The molecule has 0 saturated carbocycles. The van der Waals surface area contributed by atoms with Crippen LogP contribution in [0, 0.1) is 75.5 Å². The van der Waals surface area contributed by atoms with Crippen molar-refractivity contribution in [1.29, 1.82) is 0 Å². The van der Waals surface area contributed by atoms with Gasteiger partial charge in [0.15, 0.2) is 0 Å². The van der Waals surface area contributed by atoms with Crippen molar-refractivity contribution in [2.24, 2.45) is 0 Å². The number of hydrogen-bond donors (Lipinski definition) is 2. The van der Waals surface area contributed by atoms with Crippen molar-refractivity contribution >= 4 is 0 Å². The van der Waals surface area contributed by atoms with Crippen molar-refractivity contribution in [2.75, 3.05) is 0 Å². The largest absolute Gasteiger partial charge is 0.412 e. The molecule has 0 aromatic carbocycles. The van der Waals surface area contributed by atoms with Gasteiger partial charge in [0.05, 0.1) is 0 Å². The monoisotopic (exact) mass is 132 g/mol. The van der Waals surface area contributed by atoms with Crippen LogP contribution in [0.3, 0.4) is 0 Å². The average Bonchev–Trinajstić information content (AvgIpc) is 0. The first-order chi connectivity index (χ1) is 0. The van der Waals surface area contributed by atoms with Crippen LogP contribution in [-0.2, 0) is 0 Å². The standard InChI is InChI=1S/2Ar.2H3N.H2O/h;;2*1H3;1H2. The summed E-state index contributed by atoms with van der Waals surface area (Å²) >= 11 is 0. The molecule has 0 heterocycles. The summed E-state index contributed by atoms with van der Waals surface area (Å²) in [5, 5.41) is 0. The Morgan fingerprint density at radius 3 is 0.600 bits per heavy atom. The van der Waals surface area contributed by atoms with Gasteiger partial charge >= 0.3 is 0 Å². The van der Waals surface area contributed by atoms with Gasteiger partial charge in [0.1, 0.15) is 0 Å². The predicted molar refractivity (Wildman–Crippen MR) is 13.7 cm³/mol. The summed E-state index contributed by atoms with van der Waals surface area (Å²) in [5.41, 5.74) is 0. The van der Waals surface area contributed by atoms with Gasteiger partial charge in [0.25, 0.3) is 0 Å². The molecule has 40 valence electrons. The van der Waals surface area contributed by atoms with Gasteiger partial charge in [-0.05, 0) is 0 Å². The molecular formula is H8Ar2N2O. The van der Waals surface area contributed by atoms with Gasteiger partial charge in [-0.25, -0.2) is 0 Å². The Bertz CT molecular complexity index is 7.61. The third kappa shape index (κ3) is 21.5. The maximum atomic E-state index is 0. The van der Waals surface area contributed by atoms with E-state index in [4.69, 9.17) is 0 Å². The Labute approximate surface area is 91.4 Å². The van der Waals surface area contributed by atoms with Crippen LogP contribution >= 0.6 is 0 Å². The Hall–Kier alpha value is 2.40. The molecular weight excluding hydrogens is 124 g/mol. The van der Waals surface area contributed by atoms with Crippen molar-refractivity contribution < 1.29 is 81.0 Å². The second kappa shape index (κ2) is 32.4. The van der Waals surface area contributed by atoms with Crippen LogP contribution in [-0.4, -0.2) is 5.48 Å². The van der Waals surface area contributed by atoms with E-state index in [1.807, 2.05) is 0 Å². The maximum Gasteiger partial charge on any atom is 0 e. The van der Waals surface area contributed by atoms with Crippen LogP contribution in [0.15, 0.2) is 0 Å². The first-order valence-corrected chi connectivity index (χ1v) is 0. The summed E-state index contributed by atoms with van der Waals surface area (Å²) in [4.78, 5) is 0. The third-order valence-electron chi connectivity index (χ3n) is 0. The van der Waals surface area contributed by atoms with Gasteiger partial charge in [-0.3, -0.25) is 0 Å². The minimum atomic E-state index is 0. The van der Waals surface area contributed by atoms with Crippen LogP contribution in [0.2, 0.25) is 0 Å². The van der Waals surface area contributed by atoms with Gasteiger partial charge in [-0.1, -0.05) is 0 Å². The predicted octanol–water partition coefficient (Wildman–Crippen LogP) is -0.501. The second-order valence-electron chi connectivity index (χ2n) is 0. The molecule has 0 saturated heterocycles. The van der Waals surface area contributed by atoms with E-state index in [0.717, 1.165) is 0 Å². The SMILES string of the molecule is N.N.O.[Ar].[Ar]. The Morgan fingerprint density at radius 1 is 0.600 bits per heavy atom. The van der Waals surface area contributed by atoms with E-state index in [9.17, 15) is 0 Å². The minimum absolute atomic E-state index is 0. The zero-order valence-corrected chi connectivity index (χ0v) is 4.04. The topological polar surface area (TPSA) is 102 Å². The first kappa shape index (κ1) is 52.6. The van der Waals surface area contributed by atoms with Gasteiger partial charge in [0.2, 0.25) is 0 Å². The van der Waals surface area contributed by atoms with Gasteiger partial charge in [0, 0.05) is 75.5 Å². The molecule has 0 spiro atoms. The summed E-state index contributed by atoms with van der Waals surface area (Å²) in [5.74, 6) is 0. The van der Waals surface area contributed by atoms with E-state index in [2.05, 4.69) is 0 Å². The van der Waals surface area contributed by atoms with Crippen LogP contribution in [0.25, 0.3) is 0 Å². The molecule has 0 atom stereocenters. The van der Waals surface area contributed by atoms with Gasteiger partial charge < -0.3 is 17.8 Å². The summed E-state index contributed by atoms with van der Waals surface area (Å²) in [6.07, 6.45) is 0. The van der Waals surface area contributed by atoms with Crippen LogP contribution < -0.4 is 12.3 Å². The van der Waals surface area contributed by atoms with Crippen molar-refractivity contribution in [3.8, 4) is 0 Å². The molecule has 8 N–H and O–H groups in total. The second-order valence-corrected chi connectivity index (χ2v) is 0. The molecule has 0 aliphatic carbocycles. The van der Waals surface area contributed by atoms with E-state index < -0.39 is 0 Å². The maximum absolute atomic E-state index is 0. The number of rotatable bonds is 0. The smallest absolute Gasteiger partial charge is 0 e. The van der Waals surface area contributed by atoms with E-state index >= 15 is 0 Å². The van der Waals surface area contributed by atoms with Crippen LogP contribution in [0.5, 0.6) is 0 Å². The van der Waals surface area contributed by atoms with E-state index in [1.165, 1.54) is 0 Å². The Morgan fingerprint density at radius 2 is 0.600 bits per heavy atom. The summed E-state index contributed by atoms with van der Waals surface area (Å²) in [6, 6.07) is 0. The quantitative estimate of drug-likeness (QED) is 0.463. The molecule has 0 aliphatic heterocycles. The molecule has 0 rings (SSSR count). The minimum Gasteiger partial charge on any atom is -0.412 e. The van der Waals surface area contributed by atoms with Gasteiger partial charge in [-0.15, -0.1) is 0 Å². The number of hydrogen-bond acceptors (Lipinski definition) is 2. The molecule has 0 radical (unpaired) electrons. The van der Waals surface area contributed by atoms with Crippen LogP contribution in [0.1, 0.15) is 0 Å². The van der Waals surface area contributed by atoms with Gasteiger partial charge in [-0.2, -0.15) is 0 Å². The zero-order valence-electron chi connectivity index (χ0n) is 2.62. The first-order valence-electron chi connectivity index (χ1n) is 0. The third-order valence-corrected chi connectivity index (χ3v) is 0. The molecule has 5 heteroatoms.